The van der Waals surface area contributed by atoms with Crippen LogP contribution in [0.5, 0.6) is 5.75 Å². The lowest BCUT2D eigenvalue weighted by atomic mass is 9.76. The molecule has 4 aromatic rings. The van der Waals surface area contributed by atoms with E-state index in [4.69, 9.17) is 9.73 Å². The predicted octanol–water partition coefficient (Wildman–Crippen LogP) is 8.91. The number of aryl methyl sites for hydroxylation is 1. The van der Waals surface area contributed by atoms with E-state index < -0.39 is 0 Å². The normalized spacial score (nSPS) is 19.9. The molecule has 0 amide bonds. The first kappa shape index (κ1) is 23.7. The Hall–Kier alpha value is -3.63. The number of fused-ring (bicyclic) bond motifs is 3. The van der Waals surface area contributed by atoms with Gasteiger partial charge in [-0.3, -0.25) is 4.99 Å². The maximum atomic E-state index is 5.91. The molecule has 0 saturated heterocycles. The molecule has 2 aliphatic rings. The highest BCUT2D eigenvalue weighted by Gasteiger charge is 2.37. The van der Waals surface area contributed by atoms with Crippen LogP contribution in [0.25, 0.3) is 0 Å². The lowest BCUT2D eigenvalue weighted by Gasteiger charge is -2.37. The summed E-state index contributed by atoms with van der Waals surface area (Å²) in [5.74, 6) is 1.88. The number of hydrogen-bond donors (Lipinski definition) is 1. The van der Waals surface area contributed by atoms with E-state index in [1.54, 1.807) is 0 Å². The molecule has 0 spiro atoms. The minimum Gasteiger partial charge on any atom is -0.489 e. The first-order valence-electron chi connectivity index (χ1n) is 12.8. The molecule has 0 unspecified atom stereocenters. The Morgan fingerprint density at radius 3 is 2.51 bits per heavy atom. The van der Waals surface area contributed by atoms with Crippen LogP contribution in [-0.2, 0) is 6.61 Å². The van der Waals surface area contributed by atoms with Crippen molar-refractivity contribution in [3.63, 3.8) is 0 Å². The number of aliphatic imine (C=N–C) groups is 1. The summed E-state index contributed by atoms with van der Waals surface area (Å²) in [7, 11) is 0. The Morgan fingerprint density at radius 2 is 1.73 bits per heavy atom. The van der Waals surface area contributed by atoms with Crippen LogP contribution in [0.4, 0.5) is 11.4 Å². The molecule has 0 fully saturated rings. The van der Waals surface area contributed by atoms with E-state index in [-0.39, 0.29) is 0 Å². The summed E-state index contributed by atoms with van der Waals surface area (Å²) in [6.45, 7) is 2.72. The Morgan fingerprint density at radius 1 is 0.946 bits per heavy atom. The molecule has 4 aromatic carbocycles. The summed E-state index contributed by atoms with van der Waals surface area (Å²) in [6, 6.07) is 32.0. The maximum absolute atomic E-state index is 5.91. The second-order valence-electron chi connectivity index (χ2n) is 9.90. The van der Waals surface area contributed by atoms with E-state index in [0.717, 1.165) is 33.5 Å². The average Bonchev–Trinajstić information content (AvgIpc) is 3.43. The monoisotopic (exact) mass is 548 g/mol. The van der Waals surface area contributed by atoms with Crippen molar-refractivity contribution in [2.45, 2.75) is 31.9 Å². The standard InChI is InChI=1S/C33H29BrN2O/c1-22-5-18-32-31(19-22)29-3-2-4-30(29)33(36-32)25-10-14-27(15-11-25)35-20-23-8-16-28(17-9-23)37-21-24-6-12-26(34)13-7-24/h2-3,5-20,29-30,33,36H,4,21H2,1H3/t29-,30-,33-/m1/s1. The van der Waals surface area contributed by atoms with Crippen molar-refractivity contribution < 1.29 is 4.74 Å². The number of allylic oxidation sites excluding steroid dienone is 2. The van der Waals surface area contributed by atoms with Crippen molar-refractivity contribution in [2.75, 3.05) is 5.32 Å². The van der Waals surface area contributed by atoms with E-state index >= 15 is 0 Å². The van der Waals surface area contributed by atoms with Gasteiger partial charge in [-0.2, -0.15) is 0 Å². The fourth-order valence-corrected chi connectivity index (χ4v) is 5.62. The summed E-state index contributed by atoms with van der Waals surface area (Å²) in [5.41, 5.74) is 8.46. The smallest absolute Gasteiger partial charge is 0.119 e. The highest BCUT2D eigenvalue weighted by molar-refractivity contribution is 9.10. The molecule has 1 N–H and O–H groups in total. The SMILES string of the molecule is Cc1ccc2c(c1)[C@@H]1C=CC[C@H]1[C@@H](c1ccc(N=Cc3ccc(OCc4ccc(Br)cc4)cc3)cc1)N2. The highest BCUT2D eigenvalue weighted by atomic mass is 79.9. The first-order valence-corrected chi connectivity index (χ1v) is 13.6. The zero-order valence-corrected chi connectivity index (χ0v) is 22.4. The topological polar surface area (TPSA) is 33.6 Å². The molecule has 184 valence electrons. The van der Waals surface area contributed by atoms with Crippen molar-refractivity contribution in [1.29, 1.82) is 0 Å². The summed E-state index contributed by atoms with van der Waals surface area (Å²) < 4.78 is 6.98. The van der Waals surface area contributed by atoms with E-state index in [1.807, 2.05) is 42.6 Å². The summed E-state index contributed by atoms with van der Waals surface area (Å²) in [6.07, 6.45) is 7.75. The van der Waals surface area contributed by atoms with Crippen LogP contribution in [0.1, 0.15) is 46.2 Å². The minimum atomic E-state index is 0.304. The van der Waals surface area contributed by atoms with Crippen molar-refractivity contribution >= 4 is 33.5 Å². The van der Waals surface area contributed by atoms with E-state index in [9.17, 15) is 0 Å². The third-order valence-electron chi connectivity index (χ3n) is 7.33. The van der Waals surface area contributed by atoms with Gasteiger partial charge in [0.15, 0.2) is 0 Å². The molecule has 6 rings (SSSR count). The molecule has 3 atom stereocenters. The second kappa shape index (κ2) is 10.4. The third kappa shape index (κ3) is 5.26. The van der Waals surface area contributed by atoms with Crippen molar-refractivity contribution in [1.82, 2.24) is 0 Å². The third-order valence-corrected chi connectivity index (χ3v) is 7.86. The predicted molar refractivity (Wildman–Crippen MR) is 156 cm³/mol. The van der Waals surface area contributed by atoms with Gasteiger partial charge in [-0.25, -0.2) is 0 Å². The van der Waals surface area contributed by atoms with Gasteiger partial charge in [0.05, 0.1) is 11.7 Å². The number of nitrogens with one attached hydrogen (secondary N) is 1. The molecule has 0 saturated carbocycles. The zero-order chi connectivity index (χ0) is 25.2. The number of halogens is 1. The summed E-state index contributed by atoms with van der Waals surface area (Å²) in [5, 5.41) is 3.83. The lowest BCUT2D eigenvalue weighted by molar-refractivity contribution is 0.306. The van der Waals surface area contributed by atoms with Crippen molar-refractivity contribution in [3.05, 3.63) is 135 Å². The van der Waals surface area contributed by atoms with Crippen LogP contribution in [0.2, 0.25) is 0 Å². The van der Waals surface area contributed by atoms with Crippen LogP contribution in [0, 0.1) is 12.8 Å². The Labute approximate surface area is 227 Å². The number of hydrogen-bond acceptors (Lipinski definition) is 3. The Balaban J connectivity index is 1.10. The molecule has 0 bridgehead atoms. The number of anilines is 1. The van der Waals surface area contributed by atoms with Gasteiger partial charge in [-0.1, -0.05) is 70.0 Å². The lowest BCUT2D eigenvalue weighted by Crippen LogP contribution is -2.29. The van der Waals surface area contributed by atoms with Gasteiger partial charge in [-0.05, 0) is 96.1 Å². The van der Waals surface area contributed by atoms with Gasteiger partial charge in [0.1, 0.15) is 12.4 Å². The molecular weight excluding hydrogens is 520 g/mol. The molecule has 37 heavy (non-hydrogen) atoms. The van der Waals surface area contributed by atoms with E-state index in [2.05, 4.69) is 94.9 Å². The Kier molecular flexibility index (Phi) is 6.67. The first-order chi connectivity index (χ1) is 18.1. The fourth-order valence-electron chi connectivity index (χ4n) is 5.36. The molecule has 1 aliphatic carbocycles. The second-order valence-corrected chi connectivity index (χ2v) is 10.8. The number of nitrogens with zero attached hydrogens (tertiary/aromatic N) is 1. The van der Waals surface area contributed by atoms with Crippen molar-refractivity contribution in [3.8, 4) is 5.75 Å². The molecule has 3 nitrogen and oxygen atoms in total. The van der Waals surface area contributed by atoms with Crippen LogP contribution < -0.4 is 10.1 Å². The van der Waals surface area contributed by atoms with Gasteiger partial charge in [-0.15, -0.1) is 0 Å². The van der Waals surface area contributed by atoms with Crippen LogP contribution in [0.3, 0.4) is 0 Å². The van der Waals surface area contributed by atoms with Crippen LogP contribution in [0.15, 0.2) is 113 Å². The minimum absolute atomic E-state index is 0.304. The number of benzene rings is 4. The van der Waals surface area contributed by atoms with E-state index in [0.29, 0.717) is 24.5 Å². The summed E-state index contributed by atoms with van der Waals surface area (Å²) >= 11 is 3.46. The van der Waals surface area contributed by atoms with Gasteiger partial charge < -0.3 is 10.1 Å². The van der Waals surface area contributed by atoms with Crippen LogP contribution >= 0.6 is 15.9 Å². The van der Waals surface area contributed by atoms with Gasteiger partial charge in [0, 0.05) is 22.3 Å². The van der Waals surface area contributed by atoms with Crippen molar-refractivity contribution in [2.24, 2.45) is 10.9 Å². The van der Waals surface area contributed by atoms with Gasteiger partial charge in [0.2, 0.25) is 0 Å². The quantitative estimate of drug-likeness (QED) is 0.192. The number of rotatable bonds is 6. The molecule has 0 aromatic heterocycles. The maximum Gasteiger partial charge on any atom is 0.119 e. The molecule has 1 aliphatic heterocycles. The Bertz CT molecular complexity index is 1440. The fraction of sp³-hybridized carbons (Fsp3) is 0.182. The summed E-state index contributed by atoms with van der Waals surface area (Å²) in [4.78, 5) is 4.70. The largest absolute Gasteiger partial charge is 0.489 e. The molecular formula is C33H29BrN2O. The molecule has 4 heteroatoms. The van der Waals surface area contributed by atoms with E-state index in [1.165, 1.54) is 22.4 Å². The van der Waals surface area contributed by atoms with Gasteiger partial charge >= 0.3 is 0 Å². The molecule has 0 radical (unpaired) electrons. The molecule has 1 heterocycles. The average molecular weight is 550 g/mol. The van der Waals surface area contributed by atoms with Crippen LogP contribution in [-0.4, -0.2) is 6.21 Å². The highest BCUT2D eigenvalue weighted by Crippen LogP contribution is 2.50. The van der Waals surface area contributed by atoms with Gasteiger partial charge in [0.25, 0.3) is 0 Å². The number of ether oxygens (including phenoxy) is 1. The zero-order valence-electron chi connectivity index (χ0n) is 20.8.